The molecule has 0 heterocycles. The molecule has 0 aliphatic carbocycles. The van der Waals surface area contributed by atoms with Gasteiger partial charge >= 0.3 is 17.9 Å². The van der Waals surface area contributed by atoms with Crippen molar-refractivity contribution in [2.24, 2.45) is 5.92 Å². The number of ether oxygens (including phenoxy) is 3. The van der Waals surface area contributed by atoms with Crippen LogP contribution in [0.2, 0.25) is 0 Å². The molecule has 0 aromatic rings. The van der Waals surface area contributed by atoms with Crippen LogP contribution in [0.4, 0.5) is 0 Å². The summed E-state index contributed by atoms with van der Waals surface area (Å²) >= 11 is 0. The molecule has 0 bridgehead atoms. The van der Waals surface area contributed by atoms with E-state index in [1.807, 2.05) is 0 Å². The maximum Gasteiger partial charge on any atom is 0.306 e. The standard InChI is InChI=1S/C55H106O6/c1-5-7-9-11-12-13-14-15-16-19-23-26-29-32-35-39-43-47-54(57)60-50-52(49-59-53(56)46-42-37-10-8-6-2)61-55(58)48-44-40-36-33-30-27-24-21-18-17-20-22-25-28-31-34-38-41-45-51(3)4/h51-52H,5-50H2,1-4H3/t52-/m0/s1. The molecule has 0 rings (SSSR count). The molecule has 6 nitrogen and oxygen atoms in total. The third-order valence-corrected chi connectivity index (χ3v) is 12.5. The summed E-state index contributed by atoms with van der Waals surface area (Å²) in [5.74, 6) is 0.00280. The van der Waals surface area contributed by atoms with E-state index in [1.54, 1.807) is 0 Å². The second kappa shape index (κ2) is 49.4. The van der Waals surface area contributed by atoms with Gasteiger partial charge in [0.05, 0.1) is 0 Å². The van der Waals surface area contributed by atoms with E-state index in [9.17, 15) is 14.4 Å². The molecule has 6 heteroatoms. The molecule has 0 amide bonds. The summed E-state index contributed by atoms with van der Waals surface area (Å²) in [7, 11) is 0. The number of carbonyl (C=O) groups excluding carboxylic acids is 3. The van der Waals surface area contributed by atoms with Crippen LogP contribution in [0.5, 0.6) is 0 Å². The third kappa shape index (κ3) is 49.3. The zero-order valence-corrected chi connectivity index (χ0v) is 41.6. The number of hydrogen-bond acceptors (Lipinski definition) is 6. The average Bonchev–Trinajstić information content (AvgIpc) is 3.24. The Labute approximate surface area is 380 Å². The Hall–Kier alpha value is -1.59. The molecule has 0 radical (unpaired) electrons. The monoisotopic (exact) mass is 863 g/mol. The van der Waals surface area contributed by atoms with Gasteiger partial charge in [-0.05, 0) is 25.2 Å². The zero-order chi connectivity index (χ0) is 44.5. The van der Waals surface area contributed by atoms with Crippen molar-refractivity contribution in [3.8, 4) is 0 Å². The lowest BCUT2D eigenvalue weighted by atomic mass is 10.0. The van der Waals surface area contributed by atoms with Gasteiger partial charge in [0.1, 0.15) is 13.2 Å². The number of carbonyl (C=O) groups is 3. The SMILES string of the molecule is CCCCCCCCCCCCCCCCCCCC(=O)OC[C@H](COC(=O)CCCCCCC)OC(=O)CCCCCCCCCCCCCCCCCCCCC(C)C. The van der Waals surface area contributed by atoms with Crippen molar-refractivity contribution in [2.75, 3.05) is 13.2 Å². The van der Waals surface area contributed by atoms with Crippen molar-refractivity contribution in [1.29, 1.82) is 0 Å². The van der Waals surface area contributed by atoms with Crippen molar-refractivity contribution < 1.29 is 28.6 Å². The van der Waals surface area contributed by atoms with Crippen LogP contribution < -0.4 is 0 Å². The van der Waals surface area contributed by atoms with Gasteiger partial charge in [0.15, 0.2) is 6.10 Å². The highest BCUT2D eigenvalue weighted by molar-refractivity contribution is 5.71. The van der Waals surface area contributed by atoms with Crippen LogP contribution in [0.1, 0.15) is 310 Å². The Bertz CT molecular complexity index is 918. The van der Waals surface area contributed by atoms with Gasteiger partial charge in [-0.2, -0.15) is 0 Å². The van der Waals surface area contributed by atoms with Gasteiger partial charge in [0, 0.05) is 19.3 Å². The van der Waals surface area contributed by atoms with Crippen molar-refractivity contribution in [3.05, 3.63) is 0 Å². The topological polar surface area (TPSA) is 78.9 Å². The number of rotatable bonds is 50. The Morgan fingerprint density at radius 3 is 0.803 bits per heavy atom. The van der Waals surface area contributed by atoms with E-state index in [0.717, 1.165) is 70.1 Å². The molecule has 1 atom stereocenters. The molecular weight excluding hydrogens is 757 g/mol. The molecule has 362 valence electrons. The first-order valence-electron chi connectivity index (χ1n) is 27.4. The van der Waals surface area contributed by atoms with Crippen LogP contribution >= 0.6 is 0 Å². The first kappa shape index (κ1) is 59.4. The largest absolute Gasteiger partial charge is 0.462 e. The lowest BCUT2D eigenvalue weighted by Gasteiger charge is -2.18. The lowest BCUT2D eigenvalue weighted by molar-refractivity contribution is -0.167. The second-order valence-corrected chi connectivity index (χ2v) is 19.3. The van der Waals surface area contributed by atoms with Gasteiger partial charge in [0.25, 0.3) is 0 Å². The second-order valence-electron chi connectivity index (χ2n) is 19.3. The van der Waals surface area contributed by atoms with E-state index in [1.165, 1.54) is 199 Å². The third-order valence-electron chi connectivity index (χ3n) is 12.5. The minimum atomic E-state index is -0.759. The van der Waals surface area contributed by atoms with Crippen molar-refractivity contribution in [3.63, 3.8) is 0 Å². The van der Waals surface area contributed by atoms with E-state index >= 15 is 0 Å². The van der Waals surface area contributed by atoms with Gasteiger partial charge in [0.2, 0.25) is 0 Å². The lowest BCUT2D eigenvalue weighted by Crippen LogP contribution is -2.30. The van der Waals surface area contributed by atoms with Crippen LogP contribution in [-0.2, 0) is 28.6 Å². The minimum absolute atomic E-state index is 0.0634. The molecule has 61 heavy (non-hydrogen) atoms. The molecule has 0 unspecified atom stereocenters. The number of unbranched alkanes of at least 4 members (excludes halogenated alkanes) is 37. The number of hydrogen-bond donors (Lipinski definition) is 0. The normalized spacial score (nSPS) is 12.0. The fourth-order valence-corrected chi connectivity index (χ4v) is 8.39. The zero-order valence-electron chi connectivity index (χ0n) is 41.6. The predicted molar refractivity (Wildman–Crippen MR) is 261 cm³/mol. The first-order valence-corrected chi connectivity index (χ1v) is 27.4. The van der Waals surface area contributed by atoms with Crippen LogP contribution in [0.3, 0.4) is 0 Å². The molecule has 0 saturated heterocycles. The smallest absolute Gasteiger partial charge is 0.306 e. The molecule has 0 aliphatic rings. The van der Waals surface area contributed by atoms with Crippen LogP contribution in [0.25, 0.3) is 0 Å². The maximum atomic E-state index is 12.8. The summed E-state index contributed by atoms with van der Waals surface area (Å²) in [4.78, 5) is 37.7. The molecule has 0 aliphatic heterocycles. The Morgan fingerprint density at radius 1 is 0.311 bits per heavy atom. The fraction of sp³-hybridized carbons (Fsp3) is 0.945. The summed E-state index contributed by atoms with van der Waals surface area (Å²) in [6.45, 7) is 8.98. The molecule has 0 saturated carbocycles. The molecule has 0 N–H and O–H groups in total. The molecule has 0 fully saturated rings. The molecule has 0 spiro atoms. The highest BCUT2D eigenvalue weighted by Crippen LogP contribution is 2.18. The Morgan fingerprint density at radius 2 is 0.541 bits per heavy atom. The van der Waals surface area contributed by atoms with Gasteiger partial charge in [-0.15, -0.1) is 0 Å². The number of esters is 3. The van der Waals surface area contributed by atoms with E-state index in [0.29, 0.717) is 19.3 Å². The van der Waals surface area contributed by atoms with Crippen LogP contribution in [-0.4, -0.2) is 37.2 Å². The van der Waals surface area contributed by atoms with Crippen LogP contribution in [0.15, 0.2) is 0 Å². The van der Waals surface area contributed by atoms with E-state index in [4.69, 9.17) is 14.2 Å². The fourth-order valence-electron chi connectivity index (χ4n) is 8.39. The van der Waals surface area contributed by atoms with Gasteiger partial charge in [-0.3, -0.25) is 14.4 Å². The van der Waals surface area contributed by atoms with Gasteiger partial charge in [-0.1, -0.05) is 272 Å². The summed E-state index contributed by atoms with van der Waals surface area (Å²) in [6.07, 6.45) is 52.8. The minimum Gasteiger partial charge on any atom is -0.462 e. The molecule has 0 aromatic heterocycles. The van der Waals surface area contributed by atoms with Crippen molar-refractivity contribution >= 4 is 17.9 Å². The van der Waals surface area contributed by atoms with E-state index < -0.39 is 6.10 Å². The van der Waals surface area contributed by atoms with Crippen molar-refractivity contribution in [1.82, 2.24) is 0 Å². The Kier molecular flexibility index (Phi) is 48.1. The van der Waals surface area contributed by atoms with Crippen LogP contribution in [0, 0.1) is 5.92 Å². The Balaban J connectivity index is 4.05. The predicted octanol–water partition coefficient (Wildman–Crippen LogP) is 17.8. The van der Waals surface area contributed by atoms with E-state index in [2.05, 4.69) is 27.7 Å². The quantitative estimate of drug-likeness (QED) is 0.0344. The highest BCUT2D eigenvalue weighted by atomic mass is 16.6. The summed E-state index contributed by atoms with van der Waals surface area (Å²) in [6, 6.07) is 0. The summed E-state index contributed by atoms with van der Waals surface area (Å²) in [5.41, 5.74) is 0. The van der Waals surface area contributed by atoms with E-state index in [-0.39, 0.29) is 31.1 Å². The highest BCUT2D eigenvalue weighted by Gasteiger charge is 2.19. The molecular formula is C55H106O6. The van der Waals surface area contributed by atoms with Gasteiger partial charge in [-0.25, -0.2) is 0 Å². The van der Waals surface area contributed by atoms with Crippen molar-refractivity contribution in [2.45, 2.75) is 316 Å². The molecule has 0 aromatic carbocycles. The first-order chi connectivity index (χ1) is 29.9. The van der Waals surface area contributed by atoms with Gasteiger partial charge < -0.3 is 14.2 Å². The summed E-state index contributed by atoms with van der Waals surface area (Å²) < 4.78 is 16.7. The maximum absolute atomic E-state index is 12.8. The summed E-state index contributed by atoms with van der Waals surface area (Å²) in [5, 5.41) is 0. The average molecular weight is 863 g/mol.